The topological polar surface area (TPSA) is 77.6 Å². The van der Waals surface area contributed by atoms with E-state index in [1.54, 1.807) is 6.20 Å². The van der Waals surface area contributed by atoms with Crippen LogP contribution < -0.4 is 10.6 Å². The molecule has 0 unspecified atom stereocenters. The van der Waals surface area contributed by atoms with Gasteiger partial charge in [-0.1, -0.05) is 24.3 Å². The van der Waals surface area contributed by atoms with Gasteiger partial charge in [-0.25, -0.2) is 4.79 Å². The fourth-order valence-electron chi connectivity index (χ4n) is 5.87. The van der Waals surface area contributed by atoms with Gasteiger partial charge in [-0.15, -0.1) is 0 Å². The molecule has 3 amide bonds. The van der Waals surface area contributed by atoms with Gasteiger partial charge >= 0.3 is 6.03 Å². The van der Waals surface area contributed by atoms with Gasteiger partial charge in [0.2, 0.25) is 5.91 Å². The van der Waals surface area contributed by atoms with Gasteiger partial charge in [0.1, 0.15) is 0 Å². The van der Waals surface area contributed by atoms with E-state index >= 15 is 0 Å². The highest BCUT2D eigenvalue weighted by molar-refractivity contribution is 5.89. The molecular formula is C24H29N5O2. The van der Waals surface area contributed by atoms with Crippen molar-refractivity contribution in [3.05, 3.63) is 60.4 Å². The first-order valence-electron chi connectivity index (χ1n) is 11.1. The molecule has 1 aromatic heterocycles. The molecule has 0 bridgehead atoms. The number of piperidine rings is 1. The molecule has 1 atom stereocenters. The Morgan fingerprint density at radius 1 is 1.06 bits per heavy atom. The van der Waals surface area contributed by atoms with Crippen LogP contribution in [0.3, 0.4) is 0 Å². The highest BCUT2D eigenvalue weighted by atomic mass is 16.2. The Kier molecular flexibility index (Phi) is 5.14. The summed E-state index contributed by atoms with van der Waals surface area (Å²) in [5.74, 6) is 0.198. The van der Waals surface area contributed by atoms with Crippen molar-refractivity contribution < 1.29 is 9.59 Å². The highest BCUT2D eigenvalue weighted by Gasteiger charge is 2.63. The van der Waals surface area contributed by atoms with E-state index < -0.39 is 0 Å². The van der Waals surface area contributed by atoms with Gasteiger partial charge in [-0.3, -0.25) is 14.7 Å². The smallest absolute Gasteiger partial charge is 0.321 e. The number of urea groups is 1. The van der Waals surface area contributed by atoms with E-state index in [1.807, 2.05) is 47.5 Å². The van der Waals surface area contributed by atoms with Crippen molar-refractivity contribution in [3.63, 3.8) is 0 Å². The molecule has 31 heavy (non-hydrogen) atoms. The lowest BCUT2D eigenvalue weighted by atomic mass is 9.60. The van der Waals surface area contributed by atoms with Gasteiger partial charge in [-0.2, -0.15) is 0 Å². The number of nitrogens with zero attached hydrogens (tertiary/aromatic N) is 3. The molecule has 7 nitrogen and oxygen atoms in total. The second-order valence-electron chi connectivity index (χ2n) is 9.16. The lowest BCUT2D eigenvalue weighted by Crippen LogP contribution is -2.53. The van der Waals surface area contributed by atoms with Crippen LogP contribution in [0.25, 0.3) is 0 Å². The number of hydrogen-bond donors (Lipinski definition) is 2. The zero-order chi connectivity index (χ0) is 21.3. The molecule has 3 fully saturated rings. The second-order valence-corrected chi connectivity index (χ2v) is 9.16. The standard InChI is InChI=1S/C24H29N5O2/c30-21-24(8-12-26-21)18-28(16-19-5-4-11-25-15-19)17-23(24)9-13-29(14-10-23)22(31)27-20-6-2-1-3-7-20/h1-7,11,15H,8-10,12-14,16-18H2,(H,26,30)(H,27,31)/t24-/m0/s1. The van der Waals surface area contributed by atoms with E-state index in [9.17, 15) is 9.59 Å². The first-order chi connectivity index (χ1) is 15.1. The van der Waals surface area contributed by atoms with E-state index in [4.69, 9.17) is 0 Å². The van der Waals surface area contributed by atoms with Crippen LogP contribution in [0.2, 0.25) is 0 Å². The lowest BCUT2D eigenvalue weighted by molar-refractivity contribution is -0.133. The van der Waals surface area contributed by atoms with Crippen molar-refractivity contribution in [2.24, 2.45) is 10.8 Å². The predicted octanol–water partition coefficient (Wildman–Crippen LogP) is 2.72. The summed E-state index contributed by atoms with van der Waals surface area (Å²) >= 11 is 0. The monoisotopic (exact) mass is 419 g/mol. The summed E-state index contributed by atoms with van der Waals surface area (Å²) in [6.45, 7) is 4.58. The van der Waals surface area contributed by atoms with E-state index in [1.165, 1.54) is 5.56 Å². The van der Waals surface area contributed by atoms with Gasteiger partial charge in [0.25, 0.3) is 0 Å². The van der Waals surface area contributed by atoms with Gasteiger partial charge in [0, 0.05) is 62.8 Å². The SMILES string of the molecule is O=C(Nc1ccccc1)N1CCC2(CC1)CN(Cc1cccnc1)C[C@]21CCNC1=O. The van der Waals surface area contributed by atoms with Crippen molar-refractivity contribution in [1.82, 2.24) is 20.1 Å². The number of anilines is 1. The van der Waals surface area contributed by atoms with E-state index in [2.05, 4.69) is 26.6 Å². The molecule has 4 heterocycles. The molecule has 0 saturated carbocycles. The van der Waals surface area contributed by atoms with Crippen molar-refractivity contribution in [3.8, 4) is 0 Å². The van der Waals surface area contributed by atoms with Crippen molar-refractivity contribution >= 4 is 17.6 Å². The van der Waals surface area contributed by atoms with E-state index in [0.29, 0.717) is 13.1 Å². The van der Waals surface area contributed by atoms with Crippen LogP contribution in [0.4, 0.5) is 10.5 Å². The molecule has 2 aromatic rings. The number of carbonyl (C=O) groups excluding carboxylic acids is 2. The number of amides is 3. The summed E-state index contributed by atoms with van der Waals surface area (Å²) in [6.07, 6.45) is 6.28. The molecular weight excluding hydrogens is 390 g/mol. The van der Waals surface area contributed by atoms with Gasteiger partial charge in [0.05, 0.1) is 5.41 Å². The minimum Gasteiger partial charge on any atom is -0.356 e. The average Bonchev–Trinajstić information content (AvgIpc) is 3.30. The summed E-state index contributed by atoms with van der Waals surface area (Å²) in [5, 5.41) is 6.10. The molecule has 7 heteroatoms. The molecule has 2 spiro atoms. The number of benzene rings is 1. The first kappa shape index (κ1) is 20.0. The summed E-state index contributed by atoms with van der Waals surface area (Å²) < 4.78 is 0. The normalized spacial score (nSPS) is 25.2. The third kappa shape index (κ3) is 3.57. The lowest BCUT2D eigenvalue weighted by Gasteiger charge is -2.46. The number of rotatable bonds is 3. The Hall–Kier alpha value is -2.93. The second kappa shape index (κ2) is 7.96. The maximum absolute atomic E-state index is 13.1. The molecule has 3 aliphatic rings. The number of pyridine rings is 1. The third-order valence-electron chi connectivity index (χ3n) is 7.47. The third-order valence-corrected chi connectivity index (χ3v) is 7.47. The van der Waals surface area contributed by atoms with E-state index in [-0.39, 0.29) is 22.8 Å². The number of para-hydroxylation sites is 1. The van der Waals surface area contributed by atoms with Crippen molar-refractivity contribution in [1.29, 1.82) is 0 Å². The zero-order valence-corrected chi connectivity index (χ0v) is 17.7. The van der Waals surface area contributed by atoms with Crippen LogP contribution in [0.15, 0.2) is 54.9 Å². The number of carbonyl (C=O) groups is 2. The first-order valence-corrected chi connectivity index (χ1v) is 11.1. The largest absolute Gasteiger partial charge is 0.356 e. The van der Waals surface area contributed by atoms with Gasteiger partial charge < -0.3 is 15.5 Å². The molecule has 5 rings (SSSR count). The van der Waals surface area contributed by atoms with Gasteiger partial charge in [0.15, 0.2) is 0 Å². The molecule has 3 aliphatic heterocycles. The van der Waals surface area contributed by atoms with Crippen LogP contribution in [0, 0.1) is 10.8 Å². The van der Waals surface area contributed by atoms with Crippen LogP contribution in [0.5, 0.6) is 0 Å². The Balaban J connectivity index is 1.30. The van der Waals surface area contributed by atoms with E-state index in [0.717, 1.165) is 51.1 Å². The number of nitrogens with one attached hydrogen (secondary N) is 2. The fourth-order valence-corrected chi connectivity index (χ4v) is 5.87. The summed E-state index contributed by atoms with van der Waals surface area (Å²) in [5.41, 5.74) is 1.55. The Morgan fingerprint density at radius 3 is 2.55 bits per heavy atom. The summed E-state index contributed by atoms with van der Waals surface area (Å²) in [7, 11) is 0. The maximum atomic E-state index is 13.1. The number of likely N-dealkylation sites (tertiary alicyclic amines) is 2. The summed E-state index contributed by atoms with van der Waals surface area (Å²) in [6, 6.07) is 13.6. The number of fused-ring (bicyclic) bond motifs is 1. The van der Waals surface area contributed by atoms with Crippen LogP contribution >= 0.6 is 0 Å². The molecule has 1 aromatic carbocycles. The molecule has 3 saturated heterocycles. The molecule has 2 N–H and O–H groups in total. The van der Waals surface area contributed by atoms with Crippen LogP contribution in [0.1, 0.15) is 24.8 Å². The maximum Gasteiger partial charge on any atom is 0.321 e. The Labute approximate surface area is 182 Å². The van der Waals surface area contributed by atoms with Crippen LogP contribution in [-0.4, -0.2) is 59.4 Å². The van der Waals surface area contributed by atoms with Gasteiger partial charge in [-0.05, 0) is 43.0 Å². The Morgan fingerprint density at radius 2 is 1.87 bits per heavy atom. The quantitative estimate of drug-likeness (QED) is 0.802. The van der Waals surface area contributed by atoms with Crippen molar-refractivity contribution in [2.45, 2.75) is 25.8 Å². The fraction of sp³-hybridized carbons (Fsp3) is 0.458. The predicted molar refractivity (Wildman–Crippen MR) is 118 cm³/mol. The number of hydrogen-bond acceptors (Lipinski definition) is 4. The minimum absolute atomic E-state index is 0.0591. The highest BCUT2D eigenvalue weighted by Crippen LogP contribution is 2.56. The van der Waals surface area contributed by atoms with Crippen LogP contribution in [-0.2, 0) is 11.3 Å². The zero-order valence-electron chi connectivity index (χ0n) is 17.7. The molecule has 0 aliphatic carbocycles. The minimum atomic E-state index is -0.350. The average molecular weight is 420 g/mol. The summed E-state index contributed by atoms with van der Waals surface area (Å²) in [4.78, 5) is 34.4. The molecule has 0 radical (unpaired) electrons. The Bertz CT molecular complexity index is 943. The van der Waals surface area contributed by atoms with Crippen molar-refractivity contribution in [2.75, 3.05) is 38.0 Å². The number of aromatic nitrogens is 1. The molecule has 162 valence electrons.